The summed E-state index contributed by atoms with van der Waals surface area (Å²) in [5.41, 5.74) is 1.67. The number of hydrogen-bond acceptors (Lipinski definition) is 1. The number of nitrogens with one attached hydrogen (secondary N) is 1. The van der Waals surface area contributed by atoms with E-state index in [9.17, 15) is 18.0 Å². The van der Waals surface area contributed by atoms with Crippen LogP contribution in [0.1, 0.15) is 16.7 Å². The van der Waals surface area contributed by atoms with Crippen molar-refractivity contribution in [1.29, 1.82) is 0 Å². The molecule has 0 aliphatic heterocycles. The Morgan fingerprint density at radius 3 is 2.43 bits per heavy atom. The van der Waals surface area contributed by atoms with Crippen LogP contribution in [-0.4, -0.2) is 5.91 Å². The van der Waals surface area contributed by atoms with Crippen LogP contribution in [-0.2, 0) is 17.8 Å². The molecule has 0 aromatic heterocycles. The molecule has 1 amide bonds. The minimum absolute atomic E-state index is 0.125. The van der Waals surface area contributed by atoms with E-state index in [2.05, 4.69) is 5.32 Å². The van der Waals surface area contributed by atoms with E-state index in [4.69, 9.17) is 0 Å². The number of rotatable bonds is 4. The van der Waals surface area contributed by atoms with Crippen molar-refractivity contribution in [2.75, 3.05) is 0 Å². The zero-order chi connectivity index (χ0) is 15.4. The maximum atomic E-state index is 13.4. The van der Waals surface area contributed by atoms with Crippen LogP contribution in [0, 0.1) is 24.4 Å². The van der Waals surface area contributed by atoms with Gasteiger partial charge in [-0.05, 0) is 18.6 Å². The van der Waals surface area contributed by atoms with Gasteiger partial charge < -0.3 is 5.32 Å². The van der Waals surface area contributed by atoms with Crippen molar-refractivity contribution in [1.82, 2.24) is 5.32 Å². The SMILES string of the molecule is Cc1ccc(CC(=O)NCc2cc(F)cc(F)c2F)cc1. The molecule has 2 rings (SSSR count). The topological polar surface area (TPSA) is 29.1 Å². The number of halogens is 3. The molecule has 0 saturated carbocycles. The summed E-state index contributed by atoms with van der Waals surface area (Å²) in [6.07, 6.45) is 0.125. The van der Waals surface area contributed by atoms with Gasteiger partial charge in [0.15, 0.2) is 11.6 Å². The third-order valence-electron chi connectivity index (χ3n) is 3.03. The van der Waals surface area contributed by atoms with Crippen molar-refractivity contribution in [3.8, 4) is 0 Å². The van der Waals surface area contributed by atoms with Gasteiger partial charge in [-0.25, -0.2) is 13.2 Å². The van der Waals surface area contributed by atoms with Crippen LogP contribution >= 0.6 is 0 Å². The number of amides is 1. The van der Waals surface area contributed by atoms with Gasteiger partial charge in [0, 0.05) is 18.2 Å². The lowest BCUT2D eigenvalue weighted by Crippen LogP contribution is -2.25. The summed E-state index contributed by atoms with van der Waals surface area (Å²) >= 11 is 0. The minimum atomic E-state index is -1.27. The third-order valence-corrected chi connectivity index (χ3v) is 3.03. The van der Waals surface area contributed by atoms with Gasteiger partial charge in [0.2, 0.25) is 5.91 Å². The molecule has 0 atom stereocenters. The first-order chi connectivity index (χ1) is 9.95. The van der Waals surface area contributed by atoms with E-state index >= 15 is 0 Å². The summed E-state index contributed by atoms with van der Waals surface area (Å²) < 4.78 is 39.4. The Bertz CT molecular complexity index is 653. The van der Waals surface area contributed by atoms with Gasteiger partial charge in [-0.2, -0.15) is 0 Å². The molecule has 0 heterocycles. The lowest BCUT2D eigenvalue weighted by molar-refractivity contribution is -0.120. The highest BCUT2D eigenvalue weighted by molar-refractivity contribution is 5.78. The molecule has 0 saturated heterocycles. The minimum Gasteiger partial charge on any atom is -0.352 e. The first-order valence-corrected chi connectivity index (χ1v) is 6.41. The molecule has 2 nitrogen and oxygen atoms in total. The largest absolute Gasteiger partial charge is 0.352 e. The molecule has 5 heteroatoms. The first kappa shape index (κ1) is 15.1. The van der Waals surface area contributed by atoms with E-state index in [1.165, 1.54) is 0 Å². The molecule has 0 fully saturated rings. The van der Waals surface area contributed by atoms with Crippen LogP contribution in [0.25, 0.3) is 0 Å². The monoisotopic (exact) mass is 293 g/mol. The van der Waals surface area contributed by atoms with E-state index in [0.717, 1.165) is 17.2 Å². The van der Waals surface area contributed by atoms with Crippen LogP contribution in [0.2, 0.25) is 0 Å². The van der Waals surface area contributed by atoms with Crippen LogP contribution in [0.3, 0.4) is 0 Å². The fourth-order valence-electron chi connectivity index (χ4n) is 1.89. The van der Waals surface area contributed by atoms with E-state index in [-0.39, 0.29) is 24.4 Å². The summed E-state index contributed by atoms with van der Waals surface area (Å²) in [7, 11) is 0. The second-order valence-corrected chi connectivity index (χ2v) is 4.80. The molecule has 0 spiro atoms. The second kappa shape index (κ2) is 6.43. The van der Waals surface area contributed by atoms with Crippen molar-refractivity contribution in [3.63, 3.8) is 0 Å². The predicted octanol–water partition coefficient (Wildman–Crippen LogP) is 3.27. The average molecular weight is 293 g/mol. The quantitative estimate of drug-likeness (QED) is 0.861. The molecular formula is C16H14F3NO. The number of carbonyl (C=O) groups is 1. The Labute approximate surface area is 120 Å². The van der Waals surface area contributed by atoms with E-state index in [1.807, 2.05) is 31.2 Å². The fraction of sp³-hybridized carbons (Fsp3) is 0.188. The number of hydrogen-bond donors (Lipinski definition) is 1. The molecule has 2 aromatic carbocycles. The molecule has 0 aliphatic carbocycles. The molecule has 0 unspecified atom stereocenters. The molecule has 1 N–H and O–H groups in total. The highest BCUT2D eigenvalue weighted by atomic mass is 19.2. The van der Waals surface area contributed by atoms with Crippen molar-refractivity contribution >= 4 is 5.91 Å². The molecular weight excluding hydrogens is 279 g/mol. The highest BCUT2D eigenvalue weighted by Gasteiger charge is 2.12. The smallest absolute Gasteiger partial charge is 0.224 e. The van der Waals surface area contributed by atoms with Crippen LogP contribution < -0.4 is 5.32 Å². The van der Waals surface area contributed by atoms with Gasteiger partial charge in [-0.3, -0.25) is 4.79 Å². The maximum absolute atomic E-state index is 13.4. The molecule has 0 radical (unpaired) electrons. The first-order valence-electron chi connectivity index (χ1n) is 6.41. The predicted molar refractivity (Wildman–Crippen MR) is 73.0 cm³/mol. The normalized spacial score (nSPS) is 10.5. The van der Waals surface area contributed by atoms with E-state index in [0.29, 0.717) is 6.07 Å². The summed E-state index contributed by atoms with van der Waals surface area (Å²) in [5.74, 6) is -3.63. The van der Waals surface area contributed by atoms with Gasteiger partial charge >= 0.3 is 0 Å². The lowest BCUT2D eigenvalue weighted by atomic mass is 10.1. The number of carbonyl (C=O) groups excluding carboxylic acids is 1. The van der Waals surface area contributed by atoms with Gasteiger partial charge in [0.05, 0.1) is 6.42 Å². The maximum Gasteiger partial charge on any atom is 0.224 e. The summed E-state index contributed by atoms with van der Waals surface area (Å²) in [6.45, 7) is 1.68. The van der Waals surface area contributed by atoms with Crippen molar-refractivity contribution in [2.24, 2.45) is 0 Å². The zero-order valence-corrected chi connectivity index (χ0v) is 11.4. The summed E-state index contributed by atoms with van der Waals surface area (Å²) in [5, 5.41) is 2.45. The Morgan fingerprint density at radius 1 is 1.10 bits per heavy atom. The van der Waals surface area contributed by atoms with Crippen molar-refractivity contribution in [2.45, 2.75) is 19.9 Å². The van der Waals surface area contributed by atoms with E-state index in [1.54, 1.807) is 0 Å². The van der Waals surface area contributed by atoms with Crippen molar-refractivity contribution in [3.05, 3.63) is 70.5 Å². The van der Waals surface area contributed by atoms with Crippen molar-refractivity contribution < 1.29 is 18.0 Å². The van der Waals surface area contributed by atoms with Gasteiger partial charge in [0.25, 0.3) is 0 Å². The number of benzene rings is 2. The van der Waals surface area contributed by atoms with Gasteiger partial charge in [-0.1, -0.05) is 29.8 Å². The Balaban J connectivity index is 1.97. The van der Waals surface area contributed by atoms with Gasteiger partial charge in [0.1, 0.15) is 5.82 Å². The zero-order valence-electron chi connectivity index (χ0n) is 11.4. The fourth-order valence-corrected chi connectivity index (χ4v) is 1.89. The Hall–Kier alpha value is -2.30. The molecule has 110 valence electrons. The van der Waals surface area contributed by atoms with Crippen LogP contribution in [0.4, 0.5) is 13.2 Å². The third kappa shape index (κ3) is 4.08. The summed E-state index contributed by atoms with van der Waals surface area (Å²) in [4.78, 5) is 11.7. The molecule has 0 bridgehead atoms. The molecule has 21 heavy (non-hydrogen) atoms. The standard InChI is InChI=1S/C16H14F3NO/c1-10-2-4-11(5-3-10)6-15(21)20-9-12-7-13(17)8-14(18)16(12)19/h2-5,7-8H,6,9H2,1H3,(H,20,21). The highest BCUT2D eigenvalue weighted by Crippen LogP contribution is 2.14. The average Bonchev–Trinajstić information content (AvgIpc) is 2.44. The lowest BCUT2D eigenvalue weighted by Gasteiger charge is -2.07. The second-order valence-electron chi connectivity index (χ2n) is 4.80. The summed E-state index contributed by atoms with van der Waals surface area (Å²) in [6, 6.07) is 8.72. The number of aryl methyl sites for hydroxylation is 1. The van der Waals surface area contributed by atoms with Crippen LogP contribution in [0.5, 0.6) is 0 Å². The molecule has 0 aliphatic rings. The van der Waals surface area contributed by atoms with Gasteiger partial charge in [-0.15, -0.1) is 0 Å². The Morgan fingerprint density at radius 2 is 1.76 bits per heavy atom. The van der Waals surface area contributed by atoms with Crippen LogP contribution in [0.15, 0.2) is 36.4 Å². The molecule has 2 aromatic rings. The van der Waals surface area contributed by atoms with E-state index < -0.39 is 17.5 Å². The Kier molecular flexibility index (Phi) is 4.62.